The van der Waals surface area contributed by atoms with E-state index in [0.29, 0.717) is 6.42 Å². The number of rotatable bonds is 7. The second-order valence-corrected chi connectivity index (χ2v) is 3.45. The van der Waals surface area contributed by atoms with Gasteiger partial charge in [0.15, 0.2) is 0 Å². The normalized spacial score (nSPS) is 13.4. The van der Waals surface area contributed by atoms with Gasteiger partial charge in [0, 0.05) is 0 Å². The molecule has 13 heavy (non-hydrogen) atoms. The van der Waals surface area contributed by atoms with Gasteiger partial charge in [-0.25, -0.2) is 0 Å². The molecular formula is C10H18O2S. The van der Waals surface area contributed by atoms with Crippen LogP contribution in [0.25, 0.3) is 0 Å². The Morgan fingerprint density at radius 1 is 1.54 bits per heavy atom. The van der Waals surface area contributed by atoms with Crippen LogP contribution in [0.4, 0.5) is 0 Å². The molecule has 0 aliphatic carbocycles. The minimum Gasteiger partial charge on any atom is -0.481 e. The molecule has 2 nitrogen and oxygen atoms in total. The molecule has 0 aromatic rings. The van der Waals surface area contributed by atoms with E-state index in [1.165, 1.54) is 0 Å². The van der Waals surface area contributed by atoms with Gasteiger partial charge in [0.25, 0.3) is 0 Å². The maximum Gasteiger partial charge on any atom is 0.306 e. The summed E-state index contributed by atoms with van der Waals surface area (Å²) in [7, 11) is 0. The number of hydrogen-bond acceptors (Lipinski definition) is 2. The van der Waals surface area contributed by atoms with Crippen LogP contribution in [0.3, 0.4) is 0 Å². The summed E-state index contributed by atoms with van der Waals surface area (Å²) >= 11 is 3.90. The molecule has 1 atom stereocenters. The third-order valence-corrected chi connectivity index (χ3v) is 2.24. The van der Waals surface area contributed by atoms with Gasteiger partial charge < -0.3 is 5.11 Å². The van der Waals surface area contributed by atoms with Crippen molar-refractivity contribution >= 4 is 18.6 Å². The largest absolute Gasteiger partial charge is 0.481 e. The molecule has 0 saturated carbocycles. The number of carbonyl (C=O) groups is 1. The smallest absolute Gasteiger partial charge is 0.306 e. The van der Waals surface area contributed by atoms with Crippen molar-refractivity contribution in [3.63, 3.8) is 0 Å². The number of allylic oxidation sites excluding steroid dienone is 1. The van der Waals surface area contributed by atoms with E-state index in [-0.39, 0.29) is 5.92 Å². The van der Waals surface area contributed by atoms with Crippen LogP contribution in [0.2, 0.25) is 0 Å². The van der Waals surface area contributed by atoms with Crippen LogP contribution in [-0.4, -0.2) is 11.1 Å². The third kappa shape index (κ3) is 6.70. The third-order valence-electron chi connectivity index (χ3n) is 2.03. The fourth-order valence-electron chi connectivity index (χ4n) is 1.21. The molecule has 0 radical (unpaired) electrons. The zero-order valence-electron chi connectivity index (χ0n) is 8.07. The molecule has 0 spiro atoms. The Hall–Kier alpha value is -0.440. The molecule has 0 rings (SSSR count). The summed E-state index contributed by atoms with van der Waals surface area (Å²) in [6.45, 7) is 2.11. The number of aliphatic carboxylic acids is 1. The van der Waals surface area contributed by atoms with E-state index >= 15 is 0 Å². The van der Waals surface area contributed by atoms with Crippen molar-refractivity contribution in [3.05, 3.63) is 11.5 Å². The highest BCUT2D eigenvalue weighted by Crippen LogP contribution is 2.14. The maximum atomic E-state index is 10.7. The molecule has 0 bridgehead atoms. The van der Waals surface area contributed by atoms with E-state index in [1.54, 1.807) is 11.5 Å². The minimum absolute atomic E-state index is 0.227. The number of hydrogen-bond donors (Lipinski definition) is 2. The molecule has 0 aromatic carbocycles. The Bertz CT molecular complexity index is 166. The Balaban J connectivity index is 3.74. The zero-order valence-corrected chi connectivity index (χ0v) is 8.96. The van der Waals surface area contributed by atoms with Crippen LogP contribution in [0.5, 0.6) is 0 Å². The molecule has 0 saturated heterocycles. The van der Waals surface area contributed by atoms with Gasteiger partial charge in [-0.15, -0.1) is 0 Å². The van der Waals surface area contributed by atoms with Crippen LogP contribution in [0.1, 0.15) is 39.0 Å². The van der Waals surface area contributed by atoms with Gasteiger partial charge >= 0.3 is 5.97 Å². The van der Waals surface area contributed by atoms with Crippen molar-refractivity contribution in [3.8, 4) is 0 Å². The van der Waals surface area contributed by atoms with Crippen LogP contribution >= 0.6 is 12.6 Å². The average molecular weight is 202 g/mol. The fraction of sp³-hybridized carbons (Fsp3) is 0.700. The predicted molar refractivity (Wildman–Crippen MR) is 58.0 cm³/mol. The van der Waals surface area contributed by atoms with Gasteiger partial charge in [-0.3, -0.25) is 4.79 Å². The average Bonchev–Trinajstić information content (AvgIpc) is 2.10. The van der Waals surface area contributed by atoms with E-state index < -0.39 is 5.97 Å². The Kier molecular flexibility index (Phi) is 7.90. The lowest BCUT2D eigenvalue weighted by Gasteiger charge is -2.08. The van der Waals surface area contributed by atoms with Crippen LogP contribution < -0.4 is 0 Å². The summed E-state index contributed by atoms with van der Waals surface area (Å²) < 4.78 is 0. The van der Waals surface area contributed by atoms with Gasteiger partial charge in [-0.05, 0) is 18.2 Å². The van der Waals surface area contributed by atoms with Gasteiger partial charge in [0.2, 0.25) is 0 Å². The molecule has 0 aliphatic rings. The summed E-state index contributed by atoms with van der Waals surface area (Å²) in [4.78, 5) is 10.7. The minimum atomic E-state index is -0.692. The second-order valence-electron chi connectivity index (χ2n) is 3.15. The number of thiol groups is 1. The molecule has 0 aromatic heterocycles. The van der Waals surface area contributed by atoms with Crippen molar-refractivity contribution in [2.75, 3.05) is 0 Å². The fourth-order valence-corrected chi connectivity index (χ4v) is 1.33. The van der Waals surface area contributed by atoms with Crippen LogP contribution in [0.15, 0.2) is 11.5 Å². The van der Waals surface area contributed by atoms with Gasteiger partial charge in [0.1, 0.15) is 0 Å². The highest BCUT2D eigenvalue weighted by atomic mass is 32.1. The Morgan fingerprint density at radius 2 is 2.23 bits per heavy atom. The SMILES string of the molecule is CCCCCC(CC=CS)C(=O)O. The van der Waals surface area contributed by atoms with Crippen molar-refractivity contribution in [1.29, 1.82) is 0 Å². The summed E-state index contributed by atoms with van der Waals surface area (Å²) in [5.41, 5.74) is 0. The summed E-state index contributed by atoms with van der Waals surface area (Å²) in [6, 6.07) is 0. The van der Waals surface area contributed by atoms with Crippen LogP contribution in [0, 0.1) is 5.92 Å². The quantitative estimate of drug-likeness (QED) is 0.491. The monoisotopic (exact) mass is 202 g/mol. The maximum absolute atomic E-state index is 10.7. The molecule has 1 unspecified atom stereocenters. The molecular weight excluding hydrogens is 184 g/mol. The highest BCUT2D eigenvalue weighted by Gasteiger charge is 2.14. The number of carboxylic acids is 1. The van der Waals surface area contributed by atoms with Crippen molar-refractivity contribution < 1.29 is 9.90 Å². The van der Waals surface area contributed by atoms with Crippen molar-refractivity contribution in [2.24, 2.45) is 5.92 Å². The summed E-state index contributed by atoms with van der Waals surface area (Å²) in [6.07, 6.45) is 6.44. The van der Waals surface area contributed by atoms with Crippen molar-refractivity contribution in [1.82, 2.24) is 0 Å². The van der Waals surface area contributed by atoms with E-state index in [9.17, 15) is 4.79 Å². The van der Waals surface area contributed by atoms with E-state index in [1.807, 2.05) is 0 Å². The van der Waals surface area contributed by atoms with Gasteiger partial charge in [0.05, 0.1) is 5.92 Å². The van der Waals surface area contributed by atoms with Gasteiger partial charge in [-0.1, -0.05) is 32.3 Å². The topological polar surface area (TPSA) is 37.3 Å². The zero-order chi connectivity index (χ0) is 10.1. The Morgan fingerprint density at radius 3 is 2.69 bits per heavy atom. The molecule has 0 amide bonds. The lowest BCUT2D eigenvalue weighted by atomic mass is 9.98. The molecule has 3 heteroatoms. The van der Waals surface area contributed by atoms with Crippen LogP contribution in [-0.2, 0) is 4.79 Å². The second kappa shape index (κ2) is 8.17. The molecule has 76 valence electrons. The summed E-state index contributed by atoms with van der Waals surface area (Å²) in [5.74, 6) is -0.919. The summed E-state index contributed by atoms with van der Waals surface area (Å²) in [5, 5.41) is 10.4. The Labute approximate surface area is 85.4 Å². The molecule has 1 N–H and O–H groups in total. The van der Waals surface area contributed by atoms with E-state index in [2.05, 4.69) is 19.6 Å². The van der Waals surface area contributed by atoms with E-state index in [0.717, 1.165) is 25.7 Å². The molecule has 0 heterocycles. The first-order chi connectivity index (χ1) is 6.22. The first-order valence-corrected chi connectivity index (χ1v) is 5.26. The number of carboxylic acid groups (broad SMARTS) is 1. The number of unbranched alkanes of at least 4 members (excludes halogenated alkanes) is 2. The molecule has 0 fully saturated rings. The predicted octanol–water partition coefficient (Wildman–Crippen LogP) is 3.10. The van der Waals surface area contributed by atoms with Gasteiger partial charge in [-0.2, -0.15) is 12.6 Å². The van der Waals surface area contributed by atoms with E-state index in [4.69, 9.17) is 5.11 Å². The lowest BCUT2D eigenvalue weighted by molar-refractivity contribution is -0.141. The molecule has 0 aliphatic heterocycles. The van der Waals surface area contributed by atoms with Crippen molar-refractivity contribution in [2.45, 2.75) is 39.0 Å². The standard InChI is InChI=1S/C10H18O2S/c1-2-3-4-6-9(10(11)12)7-5-8-13/h5,8-9,13H,2-4,6-7H2,1H3,(H,11,12). The first-order valence-electron chi connectivity index (χ1n) is 4.74. The highest BCUT2D eigenvalue weighted by molar-refractivity contribution is 7.83. The first kappa shape index (κ1) is 12.6. The lowest BCUT2D eigenvalue weighted by Crippen LogP contribution is -2.12.